The Morgan fingerprint density at radius 3 is 2.62 bits per heavy atom. The van der Waals surface area contributed by atoms with E-state index in [2.05, 4.69) is 5.32 Å². The Labute approximate surface area is 246 Å². The van der Waals surface area contributed by atoms with Crippen molar-refractivity contribution in [3.8, 4) is 5.75 Å². The van der Waals surface area contributed by atoms with E-state index < -0.39 is 47.4 Å². The van der Waals surface area contributed by atoms with Crippen LogP contribution in [-0.4, -0.2) is 90.2 Å². The van der Waals surface area contributed by atoms with Gasteiger partial charge in [0, 0.05) is 32.2 Å². The molecule has 1 aliphatic carbocycles. The third kappa shape index (κ3) is 7.39. The normalized spacial score (nSPS) is 23.9. The fraction of sp³-hybridized carbons (Fsp3) is 0.571. The minimum absolute atomic E-state index is 0.0202. The topological polar surface area (TPSA) is 172 Å². The molecule has 14 heteroatoms. The number of nitrogens with one attached hydrogen (secondary N) is 1. The van der Waals surface area contributed by atoms with E-state index in [0.29, 0.717) is 5.52 Å². The highest BCUT2D eigenvalue weighted by Gasteiger charge is 2.47. The number of rotatable bonds is 13. The maximum atomic E-state index is 12.8. The predicted molar refractivity (Wildman–Crippen MR) is 149 cm³/mol. The molecule has 1 aliphatic heterocycles. The van der Waals surface area contributed by atoms with E-state index in [0.717, 1.165) is 12.8 Å². The number of ether oxygens (including phenoxy) is 5. The van der Waals surface area contributed by atoms with Crippen LogP contribution in [0.15, 0.2) is 23.1 Å². The number of aromatic carboxylic acids is 1. The highest BCUT2D eigenvalue weighted by molar-refractivity contribution is 6.32. The second kappa shape index (κ2) is 13.4. The zero-order chi connectivity index (χ0) is 30.6. The molecule has 0 unspecified atom stereocenters. The van der Waals surface area contributed by atoms with Gasteiger partial charge in [-0.3, -0.25) is 14.4 Å². The first-order valence-corrected chi connectivity index (χ1v) is 14.0. The number of carboxylic acids is 1. The summed E-state index contributed by atoms with van der Waals surface area (Å²) in [5.41, 5.74) is -1.33. The van der Waals surface area contributed by atoms with Gasteiger partial charge in [0.25, 0.3) is 0 Å². The maximum absolute atomic E-state index is 12.8. The van der Waals surface area contributed by atoms with Crippen molar-refractivity contribution in [1.82, 2.24) is 9.88 Å². The number of pyridine rings is 1. The number of fused-ring (bicyclic) bond motifs is 1. The molecule has 2 heterocycles. The molecule has 2 fully saturated rings. The Balaban J connectivity index is 1.20. The van der Waals surface area contributed by atoms with E-state index in [-0.39, 0.29) is 67.0 Å². The molecule has 1 aromatic heterocycles. The van der Waals surface area contributed by atoms with E-state index in [1.54, 1.807) is 24.5 Å². The number of halogens is 1. The Hall–Kier alpha value is -3.23. The molecule has 4 rings (SSSR count). The molecule has 0 radical (unpaired) electrons. The first-order valence-electron chi connectivity index (χ1n) is 13.6. The van der Waals surface area contributed by atoms with Crippen molar-refractivity contribution in [1.29, 1.82) is 0 Å². The number of nitrogens with zero attached hydrogens (tertiary/aromatic N) is 1. The highest BCUT2D eigenvalue weighted by Crippen LogP contribution is 2.39. The summed E-state index contributed by atoms with van der Waals surface area (Å²) < 4.78 is 29.1. The lowest BCUT2D eigenvalue weighted by atomic mass is 9.88. The van der Waals surface area contributed by atoms with Crippen LogP contribution >= 0.6 is 11.6 Å². The number of benzene rings is 1. The molecule has 13 nitrogen and oxygen atoms in total. The van der Waals surface area contributed by atoms with Gasteiger partial charge in [0.15, 0.2) is 12.4 Å². The molecule has 1 aromatic carbocycles. The minimum atomic E-state index is -1.30. The number of hydrogen-bond acceptors (Lipinski definition) is 10. The summed E-state index contributed by atoms with van der Waals surface area (Å²) in [6.45, 7) is 3.22. The summed E-state index contributed by atoms with van der Waals surface area (Å²) in [6.07, 6.45) is 0.833. The van der Waals surface area contributed by atoms with Gasteiger partial charge in [0.05, 0.1) is 35.2 Å². The van der Waals surface area contributed by atoms with Gasteiger partial charge in [-0.1, -0.05) is 11.6 Å². The number of carboxylic acid groups (broad SMARTS) is 1. The van der Waals surface area contributed by atoms with Crippen molar-refractivity contribution in [3.05, 3.63) is 39.1 Å². The summed E-state index contributed by atoms with van der Waals surface area (Å²) in [4.78, 5) is 48.8. The fourth-order valence-corrected chi connectivity index (χ4v) is 5.15. The van der Waals surface area contributed by atoms with Gasteiger partial charge in [-0.25, -0.2) is 4.79 Å². The van der Waals surface area contributed by atoms with Crippen LogP contribution in [0.5, 0.6) is 5.75 Å². The molecule has 3 N–H and O–H groups in total. The smallest absolute Gasteiger partial charge is 0.341 e. The van der Waals surface area contributed by atoms with Crippen LogP contribution in [0.4, 0.5) is 0 Å². The van der Waals surface area contributed by atoms with Crippen LogP contribution in [0.2, 0.25) is 5.02 Å². The Bertz CT molecular complexity index is 1390. The van der Waals surface area contributed by atoms with E-state index in [1.165, 1.54) is 19.4 Å². The van der Waals surface area contributed by atoms with Crippen molar-refractivity contribution < 1.29 is 48.3 Å². The molecule has 2 aromatic rings. The number of carbonyl (C=O) groups excluding carboxylic acids is 2. The van der Waals surface area contributed by atoms with E-state index in [9.17, 15) is 29.4 Å². The first-order chi connectivity index (χ1) is 19.9. The van der Waals surface area contributed by atoms with Crippen molar-refractivity contribution >= 4 is 40.3 Å². The molecular weight excluding hydrogens is 576 g/mol. The van der Waals surface area contributed by atoms with Crippen molar-refractivity contribution in [3.63, 3.8) is 0 Å². The average molecular weight is 611 g/mol. The summed E-state index contributed by atoms with van der Waals surface area (Å²) in [7, 11) is 1.46. The number of aromatic nitrogens is 1. The molecule has 0 spiro atoms. The molecule has 1 saturated carbocycles. The van der Waals surface area contributed by atoms with Crippen LogP contribution in [0.1, 0.15) is 55.9 Å². The summed E-state index contributed by atoms with van der Waals surface area (Å²) in [5.74, 6) is -2.19. The maximum Gasteiger partial charge on any atom is 0.341 e. The van der Waals surface area contributed by atoms with Crippen LogP contribution in [0.3, 0.4) is 0 Å². The van der Waals surface area contributed by atoms with Crippen molar-refractivity contribution in [2.24, 2.45) is 0 Å². The zero-order valence-electron chi connectivity index (χ0n) is 23.6. The third-order valence-electron chi connectivity index (χ3n) is 7.35. The lowest BCUT2D eigenvalue weighted by Gasteiger charge is -2.44. The summed E-state index contributed by atoms with van der Waals surface area (Å²) in [6, 6.07) is 3.16. The molecule has 1 amide bonds. The standard InChI is InChI=1S/C28H35ClN2O11/c1-15-26(28(2,38-3)12-23(33)41-15)42-24(34)13-30-22(32)6-7-39-8-9-40-21-10-17-20(11-19(21)29)31(16-4-5-16)14-18(25(17)35)27(36)37/h10-11,14-16,23,26,33H,4-9,12-13H2,1-3H3,(H,30,32)(H,36,37)/t15-,23+,26-,28+/m0/s1. The van der Waals surface area contributed by atoms with Gasteiger partial charge >= 0.3 is 11.9 Å². The molecule has 1 saturated heterocycles. The quantitative estimate of drug-likeness (QED) is 0.224. The van der Waals surface area contributed by atoms with Crippen LogP contribution in [0, 0.1) is 0 Å². The molecule has 230 valence electrons. The van der Waals surface area contributed by atoms with Crippen LogP contribution < -0.4 is 15.5 Å². The molecule has 4 atom stereocenters. The number of esters is 1. The molecule has 2 aliphatic rings. The number of carbonyl (C=O) groups is 3. The number of aliphatic hydroxyl groups excluding tert-OH is 1. The van der Waals surface area contributed by atoms with Crippen molar-refractivity contribution in [2.75, 3.05) is 33.5 Å². The lowest BCUT2D eigenvalue weighted by Crippen LogP contribution is -2.58. The van der Waals surface area contributed by atoms with Gasteiger partial charge in [-0.15, -0.1) is 0 Å². The number of aliphatic hydroxyl groups is 1. The fourth-order valence-electron chi connectivity index (χ4n) is 4.93. The predicted octanol–water partition coefficient (Wildman–Crippen LogP) is 2.03. The Morgan fingerprint density at radius 2 is 1.95 bits per heavy atom. The van der Waals surface area contributed by atoms with E-state index in [4.69, 9.17) is 35.3 Å². The largest absolute Gasteiger partial charge is 0.490 e. The highest BCUT2D eigenvalue weighted by atomic mass is 35.5. The Morgan fingerprint density at radius 1 is 1.21 bits per heavy atom. The van der Waals surface area contributed by atoms with Crippen LogP contribution in [-0.2, 0) is 28.5 Å². The Kier molecular flexibility index (Phi) is 10.1. The SMILES string of the molecule is CO[C@]1(C)C[C@H](O)O[C@@H](C)[C@@H]1OC(=O)CNC(=O)CCOCCOc1cc2c(=O)c(C(=O)O)cn(C3CC3)c2cc1Cl. The first kappa shape index (κ1) is 31.7. The third-order valence-corrected chi connectivity index (χ3v) is 7.65. The summed E-state index contributed by atoms with van der Waals surface area (Å²) in [5, 5.41) is 22.2. The molecule has 42 heavy (non-hydrogen) atoms. The number of amides is 1. The molecular formula is C28H35ClN2O11. The second-order valence-corrected chi connectivity index (χ2v) is 10.9. The van der Waals surface area contributed by atoms with Gasteiger partial charge in [-0.05, 0) is 38.8 Å². The summed E-state index contributed by atoms with van der Waals surface area (Å²) >= 11 is 6.38. The minimum Gasteiger partial charge on any atom is -0.490 e. The van der Waals surface area contributed by atoms with Gasteiger partial charge < -0.3 is 43.8 Å². The van der Waals surface area contributed by atoms with Crippen molar-refractivity contribution in [2.45, 2.75) is 69.7 Å². The van der Waals surface area contributed by atoms with Gasteiger partial charge in [0.1, 0.15) is 30.1 Å². The lowest BCUT2D eigenvalue weighted by molar-refractivity contribution is -0.269. The van der Waals surface area contributed by atoms with Gasteiger partial charge in [0.2, 0.25) is 11.3 Å². The molecule has 0 bridgehead atoms. The van der Waals surface area contributed by atoms with E-state index >= 15 is 0 Å². The van der Waals surface area contributed by atoms with Gasteiger partial charge in [-0.2, -0.15) is 0 Å². The monoisotopic (exact) mass is 610 g/mol. The average Bonchev–Trinajstić information content (AvgIpc) is 3.77. The zero-order valence-corrected chi connectivity index (χ0v) is 24.3. The van der Waals surface area contributed by atoms with E-state index in [1.807, 2.05) is 0 Å². The van der Waals surface area contributed by atoms with Crippen LogP contribution in [0.25, 0.3) is 10.9 Å². The number of methoxy groups -OCH3 is 1. The second-order valence-electron chi connectivity index (χ2n) is 10.5. The number of hydrogen-bond donors (Lipinski definition) is 3.